The van der Waals surface area contributed by atoms with Gasteiger partial charge in [0.05, 0.1) is 25.9 Å². The molecule has 112 valence electrons. The summed E-state index contributed by atoms with van der Waals surface area (Å²) in [5, 5.41) is 4.91. The molecule has 0 aliphatic heterocycles. The van der Waals surface area contributed by atoms with E-state index in [1.807, 2.05) is 5.32 Å². The number of amides is 1. The summed E-state index contributed by atoms with van der Waals surface area (Å²) in [6.45, 7) is 4.68. The third-order valence-corrected chi connectivity index (χ3v) is 3.13. The first-order valence-electron chi connectivity index (χ1n) is 6.95. The van der Waals surface area contributed by atoms with Crippen LogP contribution in [0.2, 0.25) is 0 Å². The molecule has 0 spiro atoms. The Balaban J connectivity index is 2.60. The fourth-order valence-electron chi connectivity index (χ4n) is 1.99. The number of methoxy groups -OCH3 is 2. The van der Waals surface area contributed by atoms with Crippen LogP contribution in [0.1, 0.15) is 26.7 Å². The number of nitrogens with one attached hydrogen (secondary N) is 1. The molecule has 0 fully saturated rings. The monoisotopic (exact) mass is 281 g/mol. The molecule has 0 unspecified atom stereocenters. The van der Waals surface area contributed by atoms with Crippen LogP contribution in [0, 0.1) is 0 Å². The summed E-state index contributed by atoms with van der Waals surface area (Å²) in [4.78, 5) is 12.0. The van der Waals surface area contributed by atoms with Crippen molar-refractivity contribution in [3.63, 3.8) is 0 Å². The Morgan fingerprint density at radius 1 is 1.35 bits per heavy atom. The molecule has 1 aromatic rings. The fourth-order valence-corrected chi connectivity index (χ4v) is 1.99. The Morgan fingerprint density at radius 2 is 2.10 bits per heavy atom. The Hall–Kier alpha value is -1.75. The molecule has 0 saturated carbocycles. The van der Waals surface area contributed by atoms with Crippen molar-refractivity contribution in [3.05, 3.63) is 18.2 Å². The first-order chi connectivity index (χ1) is 9.60. The van der Waals surface area contributed by atoms with E-state index in [1.165, 1.54) is 0 Å². The number of nitrogens with two attached hydrogens (primary N) is 1. The van der Waals surface area contributed by atoms with Gasteiger partial charge in [-0.3, -0.25) is 4.79 Å². The van der Waals surface area contributed by atoms with Gasteiger partial charge in [0.25, 0.3) is 5.91 Å². The number of ether oxygens (including phenoxy) is 2. The van der Waals surface area contributed by atoms with Crippen molar-refractivity contribution in [1.29, 1.82) is 0 Å². The van der Waals surface area contributed by atoms with Gasteiger partial charge in [0.2, 0.25) is 0 Å². The van der Waals surface area contributed by atoms with E-state index in [2.05, 4.69) is 19.2 Å². The predicted molar refractivity (Wildman–Crippen MR) is 79.3 cm³/mol. The standard InChI is InChI=1S/C15H24N2O3/c1-5-6-11(2)16-10-15(18)17-13-9-12(19-3)7-8-14(13)20-4/h7-9,11,16H,5-6,10H2,1-4H3,(H,17,18)/p+1/t11-/m1/s1. The molecule has 1 rings (SSSR count). The van der Waals surface area contributed by atoms with Gasteiger partial charge in [-0.1, -0.05) is 13.3 Å². The molecular weight excluding hydrogens is 256 g/mol. The van der Waals surface area contributed by atoms with Crippen LogP contribution in [0.15, 0.2) is 18.2 Å². The van der Waals surface area contributed by atoms with E-state index < -0.39 is 0 Å². The zero-order chi connectivity index (χ0) is 15.0. The van der Waals surface area contributed by atoms with E-state index in [4.69, 9.17) is 9.47 Å². The maximum Gasteiger partial charge on any atom is 0.279 e. The molecule has 5 nitrogen and oxygen atoms in total. The minimum absolute atomic E-state index is 0.0421. The lowest BCUT2D eigenvalue weighted by Gasteiger charge is -2.12. The Bertz CT molecular complexity index is 435. The highest BCUT2D eigenvalue weighted by atomic mass is 16.5. The minimum atomic E-state index is -0.0421. The number of carbonyl (C=O) groups is 1. The molecule has 0 bridgehead atoms. The third-order valence-electron chi connectivity index (χ3n) is 3.13. The molecule has 1 atom stereocenters. The van der Waals surface area contributed by atoms with E-state index in [9.17, 15) is 4.79 Å². The average molecular weight is 281 g/mol. The van der Waals surface area contributed by atoms with Gasteiger partial charge in [0, 0.05) is 6.07 Å². The van der Waals surface area contributed by atoms with Gasteiger partial charge in [0.1, 0.15) is 11.5 Å². The molecule has 1 aromatic carbocycles. The number of benzene rings is 1. The Kier molecular flexibility index (Phi) is 6.87. The summed E-state index contributed by atoms with van der Waals surface area (Å²) < 4.78 is 10.4. The maximum absolute atomic E-state index is 12.0. The van der Waals surface area contributed by atoms with Crippen LogP contribution in [0.5, 0.6) is 11.5 Å². The normalized spacial score (nSPS) is 11.8. The largest absolute Gasteiger partial charge is 0.497 e. The van der Waals surface area contributed by atoms with Crippen LogP contribution in [0.4, 0.5) is 5.69 Å². The molecule has 1 amide bonds. The highest BCUT2D eigenvalue weighted by molar-refractivity contribution is 5.93. The Morgan fingerprint density at radius 3 is 2.70 bits per heavy atom. The van der Waals surface area contributed by atoms with E-state index >= 15 is 0 Å². The summed E-state index contributed by atoms with van der Waals surface area (Å²) in [7, 11) is 3.17. The van der Waals surface area contributed by atoms with Crippen LogP contribution in [-0.4, -0.2) is 32.7 Å². The summed E-state index contributed by atoms with van der Waals surface area (Å²) in [6.07, 6.45) is 2.23. The second kappa shape index (κ2) is 8.43. The van der Waals surface area contributed by atoms with E-state index in [0.29, 0.717) is 29.8 Å². The number of hydrogen-bond acceptors (Lipinski definition) is 3. The quantitative estimate of drug-likeness (QED) is 0.757. The zero-order valence-electron chi connectivity index (χ0n) is 12.7. The van der Waals surface area contributed by atoms with Crippen LogP contribution < -0.4 is 20.1 Å². The molecule has 0 aliphatic carbocycles. The lowest BCUT2D eigenvalue weighted by Crippen LogP contribution is -2.91. The number of rotatable bonds is 8. The van der Waals surface area contributed by atoms with Gasteiger partial charge in [-0.2, -0.15) is 0 Å². The summed E-state index contributed by atoms with van der Waals surface area (Å²) >= 11 is 0. The topological polar surface area (TPSA) is 64.2 Å². The first-order valence-corrected chi connectivity index (χ1v) is 6.95. The Labute approximate surface area is 120 Å². The number of carbonyl (C=O) groups excluding carboxylic acids is 1. The van der Waals surface area contributed by atoms with Gasteiger partial charge >= 0.3 is 0 Å². The molecule has 5 heteroatoms. The van der Waals surface area contributed by atoms with Crippen LogP contribution in [0.25, 0.3) is 0 Å². The minimum Gasteiger partial charge on any atom is -0.497 e. The summed E-state index contributed by atoms with van der Waals surface area (Å²) in [6, 6.07) is 5.78. The van der Waals surface area contributed by atoms with Crippen molar-refractivity contribution in [3.8, 4) is 11.5 Å². The van der Waals surface area contributed by atoms with Crippen LogP contribution in [0.3, 0.4) is 0 Å². The molecule has 20 heavy (non-hydrogen) atoms. The molecule has 0 aromatic heterocycles. The number of hydrogen-bond donors (Lipinski definition) is 2. The lowest BCUT2D eigenvalue weighted by molar-refractivity contribution is -0.676. The summed E-state index contributed by atoms with van der Waals surface area (Å²) in [5.74, 6) is 1.27. The molecular formula is C15H25N2O3+. The third kappa shape index (κ3) is 5.09. The van der Waals surface area contributed by atoms with Gasteiger partial charge in [0.15, 0.2) is 6.54 Å². The smallest absolute Gasteiger partial charge is 0.279 e. The zero-order valence-corrected chi connectivity index (χ0v) is 12.7. The predicted octanol–water partition coefficient (Wildman–Crippen LogP) is 1.39. The van der Waals surface area contributed by atoms with Gasteiger partial charge < -0.3 is 20.1 Å². The van der Waals surface area contributed by atoms with Gasteiger partial charge in [-0.05, 0) is 25.5 Å². The molecule has 0 radical (unpaired) electrons. The average Bonchev–Trinajstić information content (AvgIpc) is 2.45. The van der Waals surface area contributed by atoms with Crippen molar-refractivity contribution < 1.29 is 19.6 Å². The highest BCUT2D eigenvalue weighted by Gasteiger charge is 2.12. The van der Waals surface area contributed by atoms with Crippen LogP contribution >= 0.6 is 0 Å². The second-order valence-electron chi connectivity index (χ2n) is 4.82. The first kappa shape index (κ1) is 16.3. The van der Waals surface area contributed by atoms with Crippen molar-refractivity contribution >= 4 is 11.6 Å². The maximum atomic E-state index is 12.0. The fraction of sp³-hybridized carbons (Fsp3) is 0.533. The molecule has 0 aliphatic rings. The number of anilines is 1. The molecule has 0 heterocycles. The SMILES string of the molecule is CCC[C@@H](C)[NH2+]CC(=O)Nc1cc(OC)ccc1OC. The molecule has 0 saturated heterocycles. The van der Waals surface area contributed by atoms with E-state index in [1.54, 1.807) is 32.4 Å². The van der Waals surface area contributed by atoms with Crippen molar-refractivity contribution in [1.82, 2.24) is 0 Å². The number of quaternary nitrogens is 1. The highest BCUT2D eigenvalue weighted by Crippen LogP contribution is 2.28. The second-order valence-corrected chi connectivity index (χ2v) is 4.82. The molecule has 3 N–H and O–H groups in total. The van der Waals surface area contributed by atoms with Gasteiger partial charge in [-0.25, -0.2) is 0 Å². The van der Waals surface area contributed by atoms with E-state index in [0.717, 1.165) is 12.8 Å². The summed E-state index contributed by atoms with van der Waals surface area (Å²) in [5.41, 5.74) is 0.633. The van der Waals surface area contributed by atoms with E-state index in [-0.39, 0.29) is 5.91 Å². The van der Waals surface area contributed by atoms with Crippen molar-refractivity contribution in [2.75, 3.05) is 26.1 Å². The van der Waals surface area contributed by atoms with Gasteiger partial charge in [-0.15, -0.1) is 0 Å². The lowest BCUT2D eigenvalue weighted by atomic mass is 10.2. The van der Waals surface area contributed by atoms with Crippen molar-refractivity contribution in [2.45, 2.75) is 32.7 Å². The van der Waals surface area contributed by atoms with Crippen LogP contribution in [-0.2, 0) is 4.79 Å². The van der Waals surface area contributed by atoms with Crippen molar-refractivity contribution in [2.24, 2.45) is 0 Å².